The van der Waals surface area contributed by atoms with Crippen LogP contribution in [-0.2, 0) is 0 Å². The van der Waals surface area contributed by atoms with Gasteiger partial charge in [0.2, 0.25) is 0 Å². The molecule has 1 aromatic heterocycles. The molecule has 5 heteroatoms. The summed E-state index contributed by atoms with van der Waals surface area (Å²) in [7, 11) is 3.33. The van der Waals surface area contributed by atoms with E-state index in [9.17, 15) is 0 Å². The van der Waals surface area contributed by atoms with Crippen LogP contribution in [0.25, 0.3) is 0 Å². The fraction of sp³-hybridized carbons (Fsp3) is 0.375. The molecule has 0 saturated heterocycles. The molecule has 2 aromatic rings. The van der Waals surface area contributed by atoms with Crippen LogP contribution >= 0.6 is 0 Å². The van der Waals surface area contributed by atoms with E-state index in [2.05, 4.69) is 22.4 Å². The average molecular weight is 287 g/mol. The van der Waals surface area contributed by atoms with Crippen molar-refractivity contribution in [1.29, 1.82) is 0 Å². The minimum Gasteiger partial charge on any atom is -0.496 e. The van der Waals surface area contributed by atoms with Crippen molar-refractivity contribution in [2.45, 2.75) is 19.4 Å². The Hall–Kier alpha value is -2.14. The van der Waals surface area contributed by atoms with Crippen LogP contribution in [0.5, 0.6) is 11.5 Å². The second-order valence-corrected chi connectivity index (χ2v) is 4.64. The Morgan fingerprint density at radius 3 is 2.33 bits per heavy atom. The van der Waals surface area contributed by atoms with Crippen molar-refractivity contribution in [3.05, 3.63) is 47.8 Å². The number of aromatic nitrogens is 2. The second kappa shape index (κ2) is 7.59. The molecule has 1 atom stereocenters. The molecule has 2 rings (SSSR count). The molecule has 1 unspecified atom stereocenters. The SMILES string of the molecule is CCCNC(c1ccnnc1)c1c(OC)cccc1OC. The molecule has 0 spiro atoms. The van der Waals surface area contributed by atoms with Crippen molar-refractivity contribution >= 4 is 0 Å². The maximum atomic E-state index is 5.51. The first-order chi connectivity index (χ1) is 10.3. The Bertz CT molecular complexity index is 538. The number of benzene rings is 1. The van der Waals surface area contributed by atoms with E-state index in [1.54, 1.807) is 26.6 Å². The minimum atomic E-state index is -0.0495. The van der Waals surface area contributed by atoms with Gasteiger partial charge in [-0.05, 0) is 36.7 Å². The summed E-state index contributed by atoms with van der Waals surface area (Å²) in [6.45, 7) is 3.02. The highest BCUT2D eigenvalue weighted by atomic mass is 16.5. The molecular formula is C16H21N3O2. The van der Waals surface area contributed by atoms with Crippen LogP contribution in [0.1, 0.15) is 30.5 Å². The molecule has 0 radical (unpaired) electrons. The molecule has 1 aromatic carbocycles. The standard InChI is InChI=1S/C16H21N3O2/c1-4-9-17-16(12-8-10-18-19-11-12)15-13(20-2)6-5-7-14(15)21-3/h5-8,10-11,16-17H,4,9H2,1-3H3. The Morgan fingerprint density at radius 2 is 1.81 bits per heavy atom. The molecule has 0 saturated carbocycles. The molecule has 21 heavy (non-hydrogen) atoms. The van der Waals surface area contributed by atoms with Gasteiger partial charge >= 0.3 is 0 Å². The fourth-order valence-electron chi connectivity index (χ4n) is 2.31. The van der Waals surface area contributed by atoms with Gasteiger partial charge in [-0.25, -0.2) is 0 Å². The van der Waals surface area contributed by atoms with E-state index >= 15 is 0 Å². The second-order valence-electron chi connectivity index (χ2n) is 4.64. The third-order valence-electron chi connectivity index (χ3n) is 3.29. The fourth-order valence-corrected chi connectivity index (χ4v) is 2.31. The summed E-state index contributed by atoms with van der Waals surface area (Å²) in [5, 5.41) is 11.3. The van der Waals surface area contributed by atoms with E-state index in [0.29, 0.717) is 0 Å². The van der Waals surface area contributed by atoms with Crippen LogP contribution < -0.4 is 14.8 Å². The summed E-state index contributed by atoms with van der Waals surface area (Å²) in [6.07, 6.45) is 4.49. The van der Waals surface area contributed by atoms with Gasteiger partial charge in [0.1, 0.15) is 11.5 Å². The average Bonchev–Trinajstić information content (AvgIpc) is 2.56. The summed E-state index contributed by atoms with van der Waals surface area (Å²) >= 11 is 0. The molecule has 1 N–H and O–H groups in total. The topological polar surface area (TPSA) is 56.3 Å². The predicted molar refractivity (Wildman–Crippen MR) is 81.7 cm³/mol. The molecule has 0 amide bonds. The van der Waals surface area contributed by atoms with Gasteiger partial charge in [-0.3, -0.25) is 0 Å². The maximum absolute atomic E-state index is 5.51. The number of nitrogens with zero attached hydrogens (tertiary/aromatic N) is 2. The number of hydrogen-bond acceptors (Lipinski definition) is 5. The molecular weight excluding hydrogens is 266 g/mol. The van der Waals surface area contributed by atoms with E-state index < -0.39 is 0 Å². The quantitative estimate of drug-likeness (QED) is 0.848. The first-order valence-electron chi connectivity index (χ1n) is 7.02. The van der Waals surface area contributed by atoms with Crippen LogP contribution in [0.4, 0.5) is 0 Å². The lowest BCUT2D eigenvalue weighted by molar-refractivity contribution is 0.376. The Kier molecular flexibility index (Phi) is 5.51. The molecule has 0 fully saturated rings. The Balaban J connectivity index is 2.50. The molecule has 5 nitrogen and oxygen atoms in total. The smallest absolute Gasteiger partial charge is 0.127 e. The predicted octanol–water partition coefficient (Wildman–Crippen LogP) is 2.58. The van der Waals surface area contributed by atoms with E-state index in [4.69, 9.17) is 9.47 Å². The van der Waals surface area contributed by atoms with Crippen LogP contribution in [-0.4, -0.2) is 31.0 Å². The summed E-state index contributed by atoms with van der Waals surface area (Å²) in [4.78, 5) is 0. The van der Waals surface area contributed by atoms with Crippen LogP contribution in [0, 0.1) is 0 Å². The van der Waals surface area contributed by atoms with Gasteiger partial charge in [-0.15, -0.1) is 0 Å². The van der Waals surface area contributed by atoms with Crippen molar-refractivity contribution in [3.8, 4) is 11.5 Å². The van der Waals surface area contributed by atoms with Crippen molar-refractivity contribution in [2.24, 2.45) is 0 Å². The lowest BCUT2D eigenvalue weighted by Crippen LogP contribution is -2.24. The molecule has 0 aliphatic rings. The number of ether oxygens (including phenoxy) is 2. The normalized spacial score (nSPS) is 12.0. The zero-order valence-electron chi connectivity index (χ0n) is 12.7. The highest BCUT2D eigenvalue weighted by Crippen LogP contribution is 2.37. The number of nitrogens with one attached hydrogen (secondary N) is 1. The zero-order valence-corrected chi connectivity index (χ0v) is 12.7. The van der Waals surface area contributed by atoms with Gasteiger partial charge < -0.3 is 14.8 Å². The molecule has 0 bridgehead atoms. The minimum absolute atomic E-state index is 0.0495. The maximum Gasteiger partial charge on any atom is 0.127 e. The first-order valence-corrected chi connectivity index (χ1v) is 7.02. The first kappa shape index (κ1) is 15.3. The molecule has 0 aliphatic carbocycles. The van der Waals surface area contributed by atoms with E-state index in [1.165, 1.54) is 0 Å². The van der Waals surface area contributed by atoms with Gasteiger partial charge in [-0.2, -0.15) is 10.2 Å². The monoisotopic (exact) mass is 287 g/mol. The lowest BCUT2D eigenvalue weighted by Gasteiger charge is -2.23. The largest absolute Gasteiger partial charge is 0.496 e. The number of hydrogen-bond donors (Lipinski definition) is 1. The van der Waals surface area contributed by atoms with E-state index in [1.807, 2.05) is 24.3 Å². The van der Waals surface area contributed by atoms with Gasteiger partial charge in [-0.1, -0.05) is 13.0 Å². The number of methoxy groups -OCH3 is 2. The third-order valence-corrected chi connectivity index (χ3v) is 3.29. The van der Waals surface area contributed by atoms with Crippen LogP contribution in [0.15, 0.2) is 36.7 Å². The summed E-state index contributed by atoms with van der Waals surface area (Å²) < 4.78 is 11.0. The van der Waals surface area contributed by atoms with Crippen molar-refractivity contribution in [2.75, 3.05) is 20.8 Å². The third kappa shape index (κ3) is 3.49. The van der Waals surface area contributed by atoms with Crippen LogP contribution in [0.2, 0.25) is 0 Å². The van der Waals surface area contributed by atoms with Crippen molar-refractivity contribution < 1.29 is 9.47 Å². The Morgan fingerprint density at radius 1 is 1.10 bits per heavy atom. The summed E-state index contributed by atoms with van der Waals surface area (Å²) in [5.41, 5.74) is 2.00. The Labute approximate surface area is 125 Å². The van der Waals surface area contributed by atoms with Gasteiger partial charge in [0, 0.05) is 6.20 Å². The van der Waals surface area contributed by atoms with E-state index in [0.717, 1.165) is 35.6 Å². The molecule has 1 heterocycles. The zero-order chi connectivity index (χ0) is 15.1. The molecule has 0 aliphatic heterocycles. The number of rotatable bonds is 7. The molecule has 112 valence electrons. The summed E-state index contributed by atoms with van der Waals surface area (Å²) in [5.74, 6) is 1.58. The highest BCUT2D eigenvalue weighted by molar-refractivity contribution is 5.50. The van der Waals surface area contributed by atoms with Crippen LogP contribution in [0.3, 0.4) is 0 Å². The highest BCUT2D eigenvalue weighted by Gasteiger charge is 2.22. The van der Waals surface area contributed by atoms with E-state index in [-0.39, 0.29) is 6.04 Å². The lowest BCUT2D eigenvalue weighted by atomic mass is 9.98. The van der Waals surface area contributed by atoms with Crippen molar-refractivity contribution in [1.82, 2.24) is 15.5 Å². The summed E-state index contributed by atoms with van der Waals surface area (Å²) in [6, 6.07) is 7.70. The van der Waals surface area contributed by atoms with Gasteiger partial charge in [0.05, 0.1) is 32.0 Å². The van der Waals surface area contributed by atoms with Gasteiger partial charge in [0.25, 0.3) is 0 Å². The van der Waals surface area contributed by atoms with Crippen molar-refractivity contribution in [3.63, 3.8) is 0 Å². The van der Waals surface area contributed by atoms with Gasteiger partial charge in [0.15, 0.2) is 0 Å².